The van der Waals surface area contributed by atoms with Crippen molar-refractivity contribution in [3.05, 3.63) is 0 Å². The van der Waals surface area contributed by atoms with Crippen LogP contribution in [0.4, 0.5) is 0 Å². The van der Waals surface area contributed by atoms with Gasteiger partial charge in [-0.3, -0.25) is 9.69 Å². The number of nitrogens with one attached hydrogen (secondary N) is 1. The SMILES string of the molecule is CC1C(NCCN2CCOCC2)CCC(C(=O)O)C1(C)C. The van der Waals surface area contributed by atoms with Crippen LogP contribution in [0.5, 0.6) is 0 Å². The van der Waals surface area contributed by atoms with E-state index in [0.29, 0.717) is 12.0 Å². The van der Waals surface area contributed by atoms with Gasteiger partial charge in [-0.25, -0.2) is 0 Å². The Kier molecular flexibility index (Phi) is 5.63. The monoisotopic (exact) mass is 298 g/mol. The Morgan fingerprint density at radius 1 is 1.33 bits per heavy atom. The van der Waals surface area contributed by atoms with Gasteiger partial charge in [-0.1, -0.05) is 20.8 Å². The minimum Gasteiger partial charge on any atom is -0.481 e. The van der Waals surface area contributed by atoms with E-state index in [9.17, 15) is 9.90 Å². The second-order valence-electron chi connectivity index (χ2n) is 7.09. The molecule has 2 fully saturated rings. The first-order chi connectivity index (χ1) is 9.93. The molecule has 0 bridgehead atoms. The highest BCUT2D eigenvalue weighted by Gasteiger charge is 2.45. The Bertz CT molecular complexity index is 353. The quantitative estimate of drug-likeness (QED) is 0.804. The van der Waals surface area contributed by atoms with Crippen LogP contribution in [0.3, 0.4) is 0 Å². The van der Waals surface area contributed by atoms with Gasteiger partial charge in [0.1, 0.15) is 0 Å². The fourth-order valence-electron chi connectivity index (χ4n) is 3.76. The number of ether oxygens (including phenoxy) is 1. The lowest BCUT2D eigenvalue weighted by atomic mass is 9.61. The fourth-order valence-corrected chi connectivity index (χ4v) is 3.76. The second-order valence-corrected chi connectivity index (χ2v) is 7.09. The number of carboxylic acids is 1. The van der Waals surface area contributed by atoms with Gasteiger partial charge in [0.15, 0.2) is 0 Å². The molecule has 0 radical (unpaired) electrons. The summed E-state index contributed by atoms with van der Waals surface area (Å²) >= 11 is 0. The second kappa shape index (κ2) is 7.07. The van der Waals surface area contributed by atoms with E-state index < -0.39 is 5.97 Å². The van der Waals surface area contributed by atoms with E-state index in [0.717, 1.165) is 52.2 Å². The van der Waals surface area contributed by atoms with Gasteiger partial charge in [-0.05, 0) is 24.2 Å². The zero-order valence-corrected chi connectivity index (χ0v) is 13.6. The summed E-state index contributed by atoms with van der Waals surface area (Å²) in [5, 5.41) is 13.0. The van der Waals surface area contributed by atoms with Crippen LogP contribution in [0.1, 0.15) is 33.6 Å². The van der Waals surface area contributed by atoms with E-state index >= 15 is 0 Å². The molecule has 1 aliphatic carbocycles. The van der Waals surface area contributed by atoms with Crippen LogP contribution in [-0.2, 0) is 9.53 Å². The van der Waals surface area contributed by atoms with Gasteiger partial charge in [0.05, 0.1) is 19.1 Å². The van der Waals surface area contributed by atoms with Crippen LogP contribution in [0.25, 0.3) is 0 Å². The summed E-state index contributed by atoms with van der Waals surface area (Å²) in [6.07, 6.45) is 1.74. The van der Waals surface area contributed by atoms with Crippen molar-refractivity contribution in [1.82, 2.24) is 10.2 Å². The maximum atomic E-state index is 11.4. The van der Waals surface area contributed by atoms with Crippen LogP contribution in [0.2, 0.25) is 0 Å². The Morgan fingerprint density at radius 3 is 2.62 bits per heavy atom. The van der Waals surface area contributed by atoms with Crippen molar-refractivity contribution in [2.75, 3.05) is 39.4 Å². The third-order valence-electron chi connectivity index (χ3n) is 5.68. The van der Waals surface area contributed by atoms with Crippen molar-refractivity contribution < 1.29 is 14.6 Å². The molecule has 0 aromatic carbocycles. The largest absolute Gasteiger partial charge is 0.481 e. The van der Waals surface area contributed by atoms with Crippen LogP contribution in [0.15, 0.2) is 0 Å². The van der Waals surface area contributed by atoms with Gasteiger partial charge in [-0.15, -0.1) is 0 Å². The Hall–Kier alpha value is -0.650. The van der Waals surface area contributed by atoms with Crippen LogP contribution in [-0.4, -0.2) is 61.4 Å². The summed E-state index contributed by atoms with van der Waals surface area (Å²) < 4.78 is 5.36. The molecule has 3 unspecified atom stereocenters. The molecule has 1 aliphatic heterocycles. The van der Waals surface area contributed by atoms with Gasteiger partial charge >= 0.3 is 5.97 Å². The molecule has 2 aliphatic rings. The molecule has 21 heavy (non-hydrogen) atoms. The number of nitrogens with zero attached hydrogens (tertiary/aromatic N) is 1. The summed E-state index contributed by atoms with van der Waals surface area (Å²) in [5.74, 6) is -0.486. The lowest BCUT2D eigenvalue weighted by Gasteiger charge is -2.46. The number of carbonyl (C=O) groups is 1. The summed E-state index contributed by atoms with van der Waals surface area (Å²) in [5.41, 5.74) is -0.152. The molecule has 0 aromatic rings. The molecule has 5 nitrogen and oxygen atoms in total. The summed E-state index contributed by atoms with van der Waals surface area (Å²) in [6, 6.07) is 0.427. The normalized spacial score (nSPS) is 33.8. The van der Waals surface area contributed by atoms with Crippen molar-refractivity contribution in [2.24, 2.45) is 17.3 Å². The average Bonchev–Trinajstić information content (AvgIpc) is 2.44. The third-order valence-corrected chi connectivity index (χ3v) is 5.68. The smallest absolute Gasteiger partial charge is 0.307 e. The number of aliphatic carboxylic acids is 1. The third kappa shape index (κ3) is 3.96. The van der Waals surface area contributed by atoms with Crippen molar-refractivity contribution in [2.45, 2.75) is 39.7 Å². The molecule has 5 heteroatoms. The number of hydrogen-bond acceptors (Lipinski definition) is 4. The maximum Gasteiger partial charge on any atom is 0.307 e. The first-order valence-electron chi connectivity index (χ1n) is 8.19. The number of hydrogen-bond donors (Lipinski definition) is 2. The van der Waals surface area contributed by atoms with E-state index in [-0.39, 0.29) is 11.3 Å². The fraction of sp³-hybridized carbons (Fsp3) is 0.938. The summed E-state index contributed by atoms with van der Waals surface area (Å²) in [4.78, 5) is 13.8. The first-order valence-corrected chi connectivity index (χ1v) is 8.19. The lowest BCUT2D eigenvalue weighted by molar-refractivity contribution is -0.150. The van der Waals surface area contributed by atoms with E-state index in [1.807, 2.05) is 0 Å². The topological polar surface area (TPSA) is 61.8 Å². The van der Waals surface area contributed by atoms with E-state index in [1.54, 1.807) is 0 Å². The standard InChI is InChI=1S/C16H30N2O3/c1-12-14(5-4-13(15(19)20)16(12,2)3)17-6-7-18-8-10-21-11-9-18/h12-14,17H,4-11H2,1-3H3,(H,19,20). The summed E-state index contributed by atoms with van der Waals surface area (Å²) in [7, 11) is 0. The molecule has 3 atom stereocenters. The molecule has 122 valence electrons. The predicted molar refractivity (Wildman–Crippen MR) is 82.4 cm³/mol. The molecule has 0 aromatic heterocycles. The van der Waals surface area contributed by atoms with Crippen LogP contribution < -0.4 is 5.32 Å². The van der Waals surface area contributed by atoms with Crippen LogP contribution in [0, 0.1) is 17.3 Å². The Balaban J connectivity index is 1.80. The molecule has 1 heterocycles. The molecular weight excluding hydrogens is 268 g/mol. The highest BCUT2D eigenvalue weighted by molar-refractivity contribution is 5.71. The van der Waals surface area contributed by atoms with Crippen molar-refractivity contribution in [3.63, 3.8) is 0 Å². The molecule has 1 saturated carbocycles. The summed E-state index contributed by atoms with van der Waals surface area (Å²) in [6.45, 7) is 12.2. The molecule has 0 spiro atoms. The molecule has 2 rings (SSSR count). The Labute approximate surface area is 128 Å². The zero-order chi connectivity index (χ0) is 15.5. The number of morpholine rings is 1. The number of carboxylic acid groups (broad SMARTS) is 1. The van der Waals surface area contributed by atoms with Gasteiger partial charge in [0.25, 0.3) is 0 Å². The highest BCUT2D eigenvalue weighted by atomic mass is 16.5. The first kappa shape index (κ1) is 16.7. The molecule has 1 saturated heterocycles. The Morgan fingerprint density at radius 2 is 2.00 bits per heavy atom. The zero-order valence-electron chi connectivity index (χ0n) is 13.6. The number of rotatable bonds is 5. The highest BCUT2D eigenvalue weighted by Crippen LogP contribution is 2.44. The lowest BCUT2D eigenvalue weighted by Crippen LogP contribution is -2.52. The maximum absolute atomic E-state index is 11.4. The molecular formula is C16H30N2O3. The van der Waals surface area contributed by atoms with Gasteiger partial charge in [-0.2, -0.15) is 0 Å². The van der Waals surface area contributed by atoms with Crippen molar-refractivity contribution in [1.29, 1.82) is 0 Å². The van der Waals surface area contributed by atoms with Gasteiger partial charge < -0.3 is 15.2 Å². The molecule has 0 amide bonds. The van der Waals surface area contributed by atoms with Crippen molar-refractivity contribution >= 4 is 5.97 Å². The minimum absolute atomic E-state index is 0.152. The average molecular weight is 298 g/mol. The van der Waals surface area contributed by atoms with E-state index in [1.165, 1.54) is 0 Å². The molecule has 2 N–H and O–H groups in total. The van der Waals surface area contributed by atoms with E-state index in [2.05, 4.69) is 31.0 Å². The van der Waals surface area contributed by atoms with Gasteiger partial charge in [0.2, 0.25) is 0 Å². The van der Waals surface area contributed by atoms with Crippen LogP contribution >= 0.6 is 0 Å². The van der Waals surface area contributed by atoms with Gasteiger partial charge in [0, 0.05) is 32.2 Å². The van der Waals surface area contributed by atoms with Crippen molar-refractivity contribution in [3.8, 4) is 0 Å². The predicted octanol–water partition coefficient (Wildman–Crippen LogP) is 1.43. The minimum atomic E-state index is -0.640. The van der Waals surface area contributed by atoms with E-state index in [4.69, 9.17) is 4.74 Å².